The molecule has 32 heavy (non-hydrogen) atoms. The van der Waals surface area contributed by atoms with Crippen molar-refractivity contribution >= 4 is 23.1 Å². The SMILES string of the molecule is COc1ccc(C2=C(Nc3ccccc3C)C(=O)N(Cc3ccccc3OC)C2=O)cc1. The largest absolute Gasteiger partial charge is 0.497 e. The number of hydrogen-bond acceptors (Lipinski definition) is 5. The van der Waals surface area contributed by atoms with Gasteiger partial charge in [-0.1, -0.05) is 48.5 Å². The lowest BCUT2D eigenvalue weighted by atomic mass is 10.0. The van der Waals surface area contributed by atoms with Crippen LogP contribution in [0.5, 0.6) is 11.5 Å². The van der Waals surface area contributed by atoms with Crippen LogP contribution in [0.2, 0.25) is 0 Å². The number of hydrogen-bond donors (Lipinski definition) is 1. The first-order valence-electron chi connectivity index (χ1n) is 10.2. The summed E-state index contributed by atoms with van der Waals surface area (Å²) in [6.07, 6.45) is 0. The van der Waals surface area contributed by atoms with E-state index in [0.717, 1.165) is 16.8 Å². The average Bonchev–Trinajstić information content (AvgIpc) is 3.05. The zero-order chi connectivity index (χ0) is 22.7. The van der Waals surface area contributed by atoms with Gasteiger partial charge in [-0.25, -0.2) is 0 Å². The predicted octanol–water partition coefficient (Wildman–Crippen LogP) is 4.40. The van der Waals surface area contributed by atoms with Gasteiger partial charge in [0, 0.05) is 11.3 Å². The summed E-state index contributed by atoms with van der Waals surface area (Å²) in [5, 5.41) is 3.22. The number of ether oxygens (including phenoxy) is 2. The minimum absolute atomic E-state index is 0.111. The number of imide groups is 1. The van der Waals surface area contributed by atoms with Gasteiger partial charge < -0.3 is 14.8 Å². The summed E-state index contributed by atoms with van der Waals surface area (Å²) < 4.78 is 10.6. The maximum absolute atomic E-state index is 13.5. The summed E-state index contributed by atoms with van der Waals surface area (Å²) in [6.45, 7) is 2.06. The van der Waals surface area contributed by atoms with Crippen molar-refractivity contribution in [2.75, 3.05) is 19.5 Å². The van der Waals surface area contributed by atoms with Gasteiger partial charge in [-0.05, 0) is 42.3 Å². The fourth-order valence-electron chi connectivity index (χ4n) is 3.71. The van der Waals surface area contributed by atoms with E-state index in [1.54, 1.807) is 38.5 Å². The van der Waals surface area contributed by atoms with Crippen LogP contribution in [0.25, 0.3) is 5.57 Å². The lowest BCUT2D eigenvalue weighted by Gasteiger charge is -2.17. The van der Waals surface area contributed by atoms with Crippen LogP contribution < -0.4 is 14.8 Å². The lowest BCUT2D eigenvalue weighted by Crippen LogP contribution is -2.32. The Balaban J connectivity index is 1.76. The van der Waals surface area contributed by atoms with Crippen LogP contribution in [-0.4, -0.2) is 30.9 Å². The second kappa shape index (κ2) is 8.98. The molecule has 0 saturated carbocycles. The molecule has 0 atom stereocenters. The van der Waals surface area contributed by atoms with E-state index in [-0.39, 0.29) is 24.1 Å². The lowest BCUT2D eigenvalue weighted by molar-refractivity contribution is -0.137. The first kappa shape index (κ1) is 21.2. The summed E-state index contributed by atoms with van der Waals surface area (Å²) in [7, 11) is 3.15. The zero-order valence-corrected chi connectivity index (χ0v) is 18.2. The van der Waals surface area contributed by atoms with Crippen molar-refractivity contribution in [1.29, 1.82) is 0 Å². The van der Waals surface area contributed by atoms with Gasteiger partial charge >= 0.3 is 0 Å². The Hall–Kier alpha value is -4.06. The molecule has 6 heteroatoms. The van der Waals surface area contributed by atoms with E-state index in [4.69, 9.17) is 9.47 Å². The van der Waals surface area contributed by atoms with Gasteiger partial charge in [0.15, 0.2) is 0 Å². The van der Waals surface area contributed by atoms with E-state index in [0.29, 0.717) is 22.6 Å². The molecule has 0 aliphatic carbocycles. The topological polar surface area (TPSA) is 67.9 Å². The fourth-order valence-corrected chi connectivity index (χ4v) is 3.71. The molecule has 0 unspecified atom stereocenters. The minimum Gasteiger partial charge on any atom is -0.497 e. The first-order chi connectivity index (χ1) is 15.5. The van der Waals surface area contributed by atoms with Gasteiger partial charge in [0.05, 0.1) is 26.3 Å². The van der Waals surface area contributed by atoms with Crippen molar-refractivity contribution in [1.82, 2.24) is 4.90 Å². The highest BCUT2D eigenvalue weighted by Crippen LogP contribution is 2.33. The Kier molecular flexibility index (Phi) is 5.94. The molecular weight excluding hydrogens is 404 g/mol. The zero-order valence-electron chi connectivity index (χ0n) is 18.2. The second-order valence-electron chi connectivity index (χ2n) is 7.43. The van der Waals surface area contributed by atoms with E-state index < -0.39 is 0 Å². The predicted molar refractivity (Wildman–Crippen MR) is 123 cm³/mol. The standard InChI is InChI=1S/C26H24N2O4/c1-17-8-4-6-10-21(17)27-24-23(18-12-14-20(31-2)15-13-18)25(29)28(26(24)30)16-19-9-5-7-11-22(19)32-3/h4-15,27H,16H2,1-3H3. The monoisotopic (exact) mass is 428 g/mol. The highest BCUT2D eigenvalue weighted by Gasteiger charge is 2.39. The first-order valence-corrected chi connectivity index (χ1v) is 10.2. The number of anilines is 1. The van der Waals surface area contributed by atoms with Crippen LogP contribution in [0.15, 0.2) is 78.5 Å². The summed E-state index contributed by atoms with van der Waals surface area (Å²) in [4.78, 5) is 28.2. The number of methoxy groups -OCH3 is 2. The van der Waals surface area contributed by atoms with Gasteiger partial charge in [0.25, 0.3) is 11.8 Å². The minimum atomic E-state index is -0.380. The molecule has 1 aliphatic rings. The molecule has 0 bridgehead atoms. The number of benzene rings is 3. The smallest absolute Gasteiger partial charge is 0.278 e. The molecule has 1 heterocycles. The molecular formula is C26H24N2O4. The van der Waals surface area contributed by atoms with Crippen molar-refractivity contribution in [2.45, 2.75) is 13.5 Å². The van der Waals surface area contributed by atoms with Crippen LogP contribution in [0, 0.1) is 6.92 Å². The summed E-state index contributed by atoms with van der Waals surface area (Å²) >= 11 is 0. The molecule has 162 valence electrons. The Bertz CT molecular complexity index is 1200. The fraction of sp³-hybridized carbons (Fsp3) is 0.154. The summed E-state index contributed by atoms with van der Waals surface area (Å²) in [5.74, 6) is 0.557. The van der Waals surface area contributed by atoms with Gasteiger partial charge in [-0.3, -0.25) is 14.5 Å². The van der Waals surface area contributed by atoms with Crippen molar-refractivity contribution in [3.05, 3.63) is 95.2 Å². The Labute approximate surface area is 187 Å². The van der Waals surface area contributed by atoms with Gasteiger partial charge in [0.1, 0.15) is 17.2 Å². The molecule has 0 radical (unpaired) electrons. The van der Waals surface area contributed by atoms with E-state index in [1.807, 2.05) is 55.5 Å². The normalized spacial score (nSPS) is 13.5. The molecule has 2 amide bonds. The van der Waals surface area contributed by atoms with E-state index >= 15 is 0 Å². The molecule has 3 aromatic rings. The molecule has 6 nitrogen and oxygen atoms in total. The number of carbonyl (C=O) groups excluding carboxylic acids is 2. The maximum Gasteiger partial charge on any atom is 0.278 e. The second-order valence-corrected chi connectivity index (χ2v) is 7.43. The molecule has 0 aromatic heterocycles. The summed E-state index contributed by atoms with van der Waals surface area (Å²) in [6, 6.07) is 22.1. The highest BCUT2D eigenvalue weighted by atomic mass is 16.5. The van der Waals surface area contributed by atoms with Gasteiger partial charge in [-0.15, -0.1) is 0 Å². The van der Waals surface area contributed by atoms with Crippen LogP contribution in [0.1, 0.15) is 16.7 Å². The van der Waals surface area contributed by atoms with E-state index in [9.17, 15) is 9.59 Å². The summed E-state index contributed by atoms with van der Waals surface area (Å²) in [5.41, 5.74) is 3.72. The molecule has 0 spiro atoms. The third-order valence-corrected chi connectivity index (χ3v) is 5.47. The van der Waals surface area contributed by atoms with E-state index in [2.05, 4.69) is 5.32 Å². The third kappa shape index (κ3) is 3.95. The Morgan fingerprint density at radius 1 is 0.812 bits per heavy atom. The molecule has 0 saturated heterocycles. The molecule has 1 aliphatic heterocycles. The number of para-hydroxylation sites is 2. The van der Waals surface area contributed by atoms with Crippen LogP contribution >= 0.6 is 0 Å². The maximum atomic E-state index is 13.5. The molecule has 3 aromatic carbocycles. The highest BCUT2D eigenvalue weighted by molar-refractivity contribution is 6.36. The molecule has 1 N–H and O–H groups in total. The van der Waals surface area contributed by atoms with Gasteiger partial charge in [-0.2, -0.15) is 0 Å². The number of carbonyl (C=O) groups is 2. The van der Waals surface area contributed by atoms with Crippen molar-refractivity contribution in [3.63, 3.8) is 0 Å². The van der Waals surface area contributed by atoms with Crippen molar-refractivity contribution in [2.24, 2.45) is 0 Å². The van der Waals surface area contributed by atoms with Crippen LogP contribution in [0.3, 0.4) is 0 Å². The molecule has 0 fully saturated rings. The number of rotatable bonds is 7. The van der Waals surface area contributed by atoms with Crippen LogP contribution in [-0.2, 0) is 16.1 Å². The van der Waals surface area contributed by atoms with Crippen LogP contribution in [0.4, 0.5) is 5.69 Å². The van der Waals surface area contributed by atoms with Gasteiger partial charge in [0.2, 0.25) is 0 Å². The van der Waals surface area contributed by atoms with Crippen molar-refractivity contribution < 1.29 is 19.1 Å². The Morgan fingerprint density at radius 2 is 1.50 bits per heavy atom. The Morgan fingerprint density at radius 3 is 2.19 bits per heavy atom. The third-order valence-electron chi connectivity index (χ3n) is 5.47. The average molecular weight is 428 g/mol. The number of amides is 2. The number of nitrogens with one attached hydrogen (secondary N) is 1. The van der Waals surface area contributed by atoms with Crippen molar-refractivity contribution in [3.8, 4) is 11.5 Å². The number of aryl methyl sites for hydroxylation is 1. The molecule has 4 rings (SSSR count). The quantitative estimate of drug-likeness (QED) is 0.565. The van der Waals surface area contributed by atoms with E-state index in [1.165, 1.54) is 4.90 Å². The number of nitrogens with zero attached hydrogens (tertiary/aromatic N) is 1.